The summed E-state index contributed by atoms with van der Waals surface area (Å²) < 4.78 is 52.5. The predicted molar refractivity (Wildman–Crippen MR) is 86.4 cm³/mol. The van der Waals surface area contributed by atoms with Gasteiger partial charge in [0.25, 0.3) is 0 Å². The minimum Gasteiger partial charge on any atom is -0.464 e. The number of H-pyrrole nitrogens is 1. The summed E-state index contributed by atoms with van der Waals surface area (Å²) in [5.41, 5.74) is 1.30. The third-order valence-corrected chi connectivity index (χ3v) is 3.74. The quantitative estimate of drug-likeness (QED) is 0.556. The van der Waals surface area contributed by atoms with E-state index in [1.54, 1.807) is 13.1 Å². The van der Waals surface area contributed by atoms with Gasteiger partial charge in [-0.25, -0.2) is 9.48 Å². The summed E-state index contributed by atoms with van der Waals surface area (Å²) >= 11 is 0. The minimum atomic E-state index is -2.70. The van der Waals surface area contributed by atoms with Gasteiger partial charge in [-0.2, -0.15) is 5.10 Å². The molecule has 9 nitrogen and oxygen atoms in total. The van der Waals surface area contributed by atoms with Gasteiger partial charge in [0.2, 0.25) is 0 Å². The molecule has 0 amide bonds. The van der Waals surface area contributed by atoms with Crippen molar-refractivity contribution in [2.24, 2.45) is 14.0 Å². The van der Waals surface area contributed by atoms with E-state index in [4.69, 9.17) is 13.0 Å². The molecule has 0 spiro atoms. The molecule has 0 saturated carbocycles. The highest BCUT2D eigenvalue weighted by Crippen LogP contribution is 2.29. The van der Waals surface area contributed by atoms with Crippen molar-refractivity contribution in [1.29, 1.82) is 0 Å². The molecule has 0 aliphatic rings. The van der Waals surface area contributed by atoms with E-state index in [-0.39, 0.29) is 28.1 Å². The number of rotatable bonds is 2. The number of aromatic nitrogens is 7. The SMILES string of the molecule is [2H]C([2H])([2H])c1nnn(C)c1-c1cnc2c(c1)[nH]c1c(C(=O)OC)n(C([2H])([2H])[2H])nc12. The molecule has 122 valence electrons. The van der Waals surface area contributed by atoms with Crippen molar-refractivity contribution >= 4 is 28.0 Å². The van der Waals surface area contributed by atoms with Crippen LogP contribution < -0.4 is 0 Å². The Balaban J connectivity index is 1.97. The van der Waals surface area contributed by atoms with Crippen LogP contribution in [0.2, 0.25) is 0 Å². The van der Waals surface area contributed by atoms with Crippen LogP contribution in [-0.2, 0) is 18.8 Å². The number of ether oxygens (including phenoxy) is 1. The highest BCUT2D eigenvalue weighted by Gasteiger charge is 2.22. The maximum atomic E-state index is 12.2. The van der Waals surface area contributed by atoms with Crippen molar-refractivity contribution in [3.8, 4) is 11.3 Å². The van der Waals surface area contributed by atoms with E-state index in [2.05, 4.69) is 25.4 Å². The molecule has 0 radical (unpaired) electrons. The maximum absolute atomic E-state index is 12.2. The Kier molecular flexibility index (Phi) is 1.86. The van der Waals surface area contributed by atoms with Crippen LogP contribution in [0, 0.1) is 6.85 Å². The molecule has 0 aromatic carbocycles. The zero-order valence-corrected chi connectivity index (χ0v) is 12.7. The molecule has 1 N–H and O–H groups in total. The van der Waals surface area contributed by atoms with Crippen LogP contribution in [0.25, 0.3) is 33.3 Å². The van der Waals surface area contributed by atoms with Crippen LogP contribution in [0.5, 0.6) is 0 Å². The average Bonchev–Trinajstić information content (AvgIpc) is 3.30. The standard InChI is InChI=1S/C15H15N7O2/c1-7-13(22(3)20-18-7)8-5-9-10(16-6-8)11-12(17-9)14(15(23)24-4)21(2)19-11/h5-6,17H,1-4H3/i1D3,2D3. The molecule has 4 rings (SSSR count). The second-order valence-electron chi connectivity index (χ2n) is 5.13. The molecule has 9 heteroatoms. The first-order chi connectivity index (χ1) is 13.9. The molecule has 0 aliphatic carbocycles. The number of aromatic amines is 1. The number of fused-ring (bicyclic) bond motifs is 3. The Morgan fingerprint density at radius 2 is 2.25 bits per heavy atom. The molecule has 0 saturated heterocycles. The molecule has 24 heavy (non-hydrogen) atoms. The van der Waals surface area contributed by atoms with E-state index in [9.17, 15) is 4.79 Å². The average molecular weight is 331 g/mol. The minimum absolute atomic E-state index is 0.150. The van der Waals surface area contributed by atoms with Gasteiger partial charge >= 0.3 is 5.97 Å². The molecule has 4 aromatic heterocycles. The third kappa shape index (κ3) is 1.84. The molecule has 0 unspecified atom stereocenters. The fourth-order valence-corrected chi connectivity index (χ4v) is 2.68. The van der Waals surface area contributed by atoms with Crippen LogP contribution in [0.4, 0.5) is 0 Å². The van der Waals surface area contributed by atoms with Gasteiger partial charge in [-0.3, -0.25) is 9.67 Å². The summed E-state index contributed by atoms with van der Waals surface area (Å²) in [6, 6.07) is 1.61. The van der Waals surface area contributed by atoms with Gasteiger partial charge in [-0.15, -0.1) is 5.10 Å². The van der Waals surface area contributed by atoms with Crippen LogP contribution in [-0.4, -0.2) is 47.8 Å². The number of pyridine rings is 1. The normalized spacial score (nSPS) is 16.2. The lowest BCUT2D eigenvalue weighted by atomic mass is 10.1. The monoisotopic (exact) mass is 331 g/mol. The van der Waals surface area contributed by atoms with E-state index in [1.807, 2.05) is 0 Å². The number of aryl methyl sites for hydroxylation is 3. The van der Waals surface area contributed by atoms with E-state index < -0.39 is 19.8 Å². The van der Waals surface area contributed by atoms with Crippen molar-refractivity contribution in [1.82, 2.24) is 34.7 Å². The molecule has 0 fully saturated rings. The number of nitrogens with zero attached hydrogens (tertiary/aromatic N) is 6. The summed E-state index contributed by atoms with van der Waals surface area (Å²) in [5, 5.41) is 11.6. The van der Waals surface area contributed by atoms with Crippen molar-refractivity contribution in [2.45, 2.75) is 6.85 Å². The molecular formula is C15H15N7O2. The Morgan fingerprint density at radius 3 is 3.00 bits per heavy atom. The first-order valence-corrected chi connectivity index (χ1v) is 6.83. The number of nitrogens with one attached hydrogen (secondary N) is 1. The lowest BCUT2D eigenvalue weighted by molar-refractivity contribution is 0.0590. The lowest BCUT2D eigenvalue weighted by Gasteiger charge is -2.02. The fraction of sp³-hybridized carbons (Fsp3) is 0.267. The number of hydrogen-bond acceptors (Lipinski definition) is 6. The largest absolute Gasteiger partial charge is 0.464 e. The summed E-state index contributed by atoms with van der Waals surface area (Å²) in [7, 11) is 2.69. The summed E-state index contributed by atoms with van der Waals surface area (Å²) in [6.45, 7) is -5.18. The predicted octanol–water partition coefficient (Wildman–Crippen LogP) is 1.34. The van der Waals surface area contributed by atoms with Crippen molar-refractivity contribution in [3.05, 3.63) is 23.7 Å². The fourth-order valence-electron chi connectivity index (χ4n) is 2.68. The van der Waals surface area contributed by atoms with Crippen molar-refractivity contribution < 1.29 is 17.8 Å². The summed E-state index contributed by atoms with van der Waals surface area (Å²) in [4.78, 5) is 19.5. The van der Waals surface area contributed by atoms with Crippen molar-refractivity contribution in [3.63, 3.8) is 0 Å². The first kappa shape index (κ1) is 9.16. The van der Waals surface area contributed by atoms with Crippen molar-refractivity contribution in [2.75, 3.05) is 7.11 Å². The van der Waals surface area contributed by atoms with Crippen LogP contribution >= 0.6 is 0 Å². The smallest absolute Gasteiger partial charge is 0.358 e. The van der Waals surface area contributed by atoms with Crippen LogP contribution in [0.15, 0.2) is 12.3 Å². The van der Waals surface area contributed by atoms with Gasteiger partial charge in [0.1, 0.15) is 16.6 Å². The maximum Gasteiger partial charge on any atom is 0.358 e. The van der Waals surface area contributed by atoms with Gasteiger partial charge in [-0.1, -0.05) is 5.21 Å². The Hall–Kier alpha value is -3.23. The number of carbonyl (C=O) groups is 1. The van der Waals surface area contributed by atoms with E-state index in [0.717, 1.165) is 7.11 Å². The van der Waals surface area contributed by atoms with Gasteiger partial charge in [0.05, 0.1) is 24.0 Å². The highest BCUT2D eigenvalue weighted by molar-refractivity contribution is 6.10. The summed E-state index contributed by atoms with van der Waals surface area (Å²) in [5.74, 6) is -0.874. The molecule has 0 atom stereocenters. The number of methoxy groups -OCH3 is 1. The Morgan fingerprint density at radius 1 is 1.38 bits per heavy atom. The van der Waals surface area contributed by atoms with Gasteiger partial charge < -0.3 is 9.72 Å². The molecule has 0 aliphatic heterocycles. The third-order valence-electron chi connectivity index (χ3n) is 3.74. The van der Waals surface area contributed by atoms with E-state index >= 15 is 0 Å². The number of esters is 1. The zero-order chi connectivity index (χ0) is 22.0. The van der Waals surface area contributed by atoms with Crippen LogP contribution in [0.3, 0.4) is 0 Å². The Bertz CT molecular complexity index is 1300. The number of hydrogen-bond donors (Lipinski definition) is 1. The van der Waals surface area contributed by atoms with E-state index in [1.165, 1.54) is 10.9 Å². The zero-order valence-electron chi connectivity index (χ0n) is 18.7. The first-order valence-electron chi connectivity index (χ1n) is 9.83. The molecule has 4 heterocycles. The van der Waals surface area contributed by atoms with Gasteiger partial charge in [0.15, 0.2) is 5.69 Å². The van der Waals surface area contributed by atoms with E-state index in [0.29, 0.717) is 21.3 Å². The molecule has 0 bridgehead atoms. The second-order valence-corrected chi connectivity index (χ2v) is 5.13. The molecule has 4 aromatic rings. The topological polar surface area (TPSA) is 104 Å². The van der Waals surface area contributed by atoms with Gasteiger partial charge in [-0.05, 0) is 12.9 Å². The second kappa shape index (κ2) is 4.88. The lowest BCUT2D eigenvalue weighted by Crippen LogP contribution is -2.09. The van der Waals surface area contributed by atoms with Gasteiger partial charge in [0, 0.05) is 34.0 Å². The highest BCUT2D eigenvalue weighted by atomic mass is 16.5. The Labute approximate surface area is 144 Å². The van der Waals surface area contributed by atoms with Crippen LogP contribution in [0.1, 0.15) is 24.4 Å². The molecular weight excluding hydrogens is 310 g/mol. The number of carbonyl (C=O) groups excluding carboxylic acids is 1. The summed E-state index contributed by atoms with van der Waals surface area (Å²) in [6.07, 6.45) is 1.41.